The van der Waals surface area contributed by atoms with Gasteiger partial charge in [-0.05, 0) is 24.6 Å². The molecule has 0 aliphatic heterocycles. The van der Waals surface area contributed by atoms with Gasteiger partial charge in [0.1, 0.15) is 4.99 Å². The van der Waals surface area contributed by atoms with Gasteiger partial charge >= 0.3 is 0 Å². The van der Waals surface area contributed by atoms with Crippen molar-refractivity contribution in [2.45, 2.75) is 20.4 Å². The summed E-state index contributed by atoms with van der Waals surface area (Å²) in [6.07, 6.45) is 0. The Morgan fingerprint density at radius 1 is 1.42 bits per heavy atom. The van der Waals surface area contributed by atoms with Crippen LogP contribution in [0.15, 0.2) is 24.3 Å². The highest BCUT2D eigenvalue weighted by Gasteiger charge is 2.03. The van der Waals surface area contributed by atoms with Gasteiger partial charge < -0.3 is 10.5 Å². The van der Waals surface area contributed by atoms with E-state index >= 15 is 0 Å². The van der Waals surface area contributed by atoms with E-state index in [9.17, 15) is 0 Å². The van der Waals surface area contributed by atoms with Crippen molar-refractivity contribution in [1.82, 2.24) is 4.90 Å². The molecule has 0 aliphatic rings. The van der Waals surface area contributed by atoms with Gasteiger partial charge in [0.15, 0.2) is 0 Å². The van der Waals surface area contributed by atoms with Crippen LogP contribution in [-0.4, -0.2) is 36.7 Å². The summed E-state index contributed by atoms with van der Waals surface area (Å²) in [4.78, 5) is 2.68. The summed E-state index contributed by atoms with van der Waals surface area (Å²) in [5, 5.41) is 0. The molecule has 1 aromatic rings. The first-order valence-corrected chi connectivity index (χ1v) is 7.05. The summed E-state index contributed by atoms with van der Waals surface area (Å²) in [6.45, 7) is 7.70. The summed E-state index contributed by atoms with van der Waals surface area (Å²) in [7, 11) is 2.09. The van der Waals surface area contributed by atoms with Crippen LogP contribution in [0.2, 0.25) is 0 Å². The number of nitrogens with two attached hydrogens (primary N) is 1. The molecule has 1 rings (SSSR count). The highest BCUT2D eigenvalue weighted by molar-refractivity contribution is 7.80. The van der Waals surface area contributed by atoms with Gasteiger partial charge in [-0.2, -0.15) is 0 Å². The minimum absolute atomic E-state index is 0.449. The summed E-state index contributed by atoms with van der Waals surface area (Å²) in [5.41, 5.74) is 7.78. The molecule has 19 heavy (non-hydrogen) atoms. The Morgan fingerprint density at radius 2 is 2.16 bits per heavy atom. The van der Waals surface area contributed by atoms with E-state index in [2.05, 4.69) is 31.9 Å². The maximum Gasteiger partial charge on any atom is 0.103 e. The Balaban J connectivity index is 2.37. The molecule has 0 spiro atoms. The zero-order valence-corrected chi connectivity index (χ0v) is 12.9. The molecule has 106 valence electrons. The maximum absolute atomic E-state index is 5.64. The molecule has 0 heterocycles. The second-order valence-corrected chi connectivity index (χ2v) is 5.71. The molecule has 0 bridgehead atoms. The normalized spacial score (nSPS) is 11.2. The fourth-order valence-electron chi connectivity index (χ4n) is 1.75. The lowest BCUT2D eigenvalue weighted by Gasteiger charge is -2.17. The zero-order valence-electron chi connectivity index (χ0n) is 12.1. The average molecular weight is 280 g/mol. The molecule has 0 fully saturated rings. The SMILES string of the molecule is CC(C)COCCN(C)Cc1cccc(C(N)=S)c1. The van der Waals surface area contributed by atoms with Crippen LogP contribution in [0.1, 0.15) is 25.0 Å². The number of hydrogen-bond acceptors (Lipinski definition) is 3. The predicted octanol–water partition coefficient (Wildman–Crippen LogP) is 2.43. The lowest BCUT2D eigenvalue weighted by atomic mass is 10.1. The highest BCUT2D eigenvalue weighted by Crippen LogP contribution is 2.07. The number of hydrogen-bond donors (Lipinski definition) is 1. The van der Waals surface area contributed by atoms with Gasteiger partial charge in [-0.25, -0.2) is 0 Å². The largest absolute Gasteiger partial charge is 0.389 e. The monoisotopic (exact) mass is 280 g/mol. The summed E-state index contributed by atoms with van der Waals surface area (Å²) < 4.78 is 5.58. The summed E-state index contributed by atoms with van der Waals surface area (Å²) in [6, 6.07) is 8.07. The minimum Gasteiger partial charge on any atom is -0.389 e. The minimum atomic E-state index is 0.449. The first kappa shape index (κ1) is 16.1. The molecule has 0 aliphatic carbocycles. The number of likely N-dealkylation sites (N-methyl/N-ethyl adjacent to an activating group) is 1. The van der Waals surface area contributed by atoms with Gasteiger partial charge in [-0.3, -0.25) is 4.90 Å². The van der Waals surface area contributed by atoms with Crippen LogP contribution < -0.4 is 5.73 Å². The average Bonchev–Trinajstić information content (AvgIpc) is 2.34. The quantitative estimate of drug-likeness (QED) is 0.586. The van der Waals surface area contributed by atoms with E-state index in [0.29, 0.717) is 10.9 Å². The van der Waals surface area contributed by atoms with Gasteiger partial charge in [0.25, 0.3) is 0 Å². The Hall–Kier alpha value is -0.970. The fourth-order valence-corrected chi connectivity index (χ4v) is 1.88. The van der Waals surface area contributed by atoms with Crippen LogP contribution in [0.5, 0.6) is 0 Å². The Kier molecular flexibility index (Phi) is 6.99. The number of benzene rings is 1. The molecule has 3 nitrogen and oxygen atoms in total. The van der Waals surface area contributed by atoms with Crippen molar-refractivity contribution in [3.05, 3.63) is 35.4 Å². The van der Waals surface area contributed by atoms with Crippen molar-refractivity contribution in [3.63, 3.8) is 0 Å². The summed E-state index contributed by atoms with van der Waals surface area (Å²) in [5.74, 6) is 0.590. The third-order valence-corrected chi connectivity index (χ3v) is 2.97. The van der Waals surface area contributed by atoms with Crippen LogP contribution in [0.4, 0.5) is 0 Å². The molecule has 0 saturated carbocycles. The van der Waals surface area contributed by atoms with Crippen LogP contribution in [0, 0.1) is 5.92 Å². The first-order valence-electron chi connectivity index (χ1n) is 6.64. The number of thiocarbonyl (C=S) groups is 1. The standard InChI is InChI=1S/C15H24N2OS/c1-12(2)11-18-8-7-17(3)10-13-5-4-6-14(9-13)15(16)19/h4-6,9,12H,7-8,10-11H2,1-3H3,(H2,16,19). The number of nitrogens with zero attached hydrogens (tertiary/aromatic N) is 1. The lowest BCUT2D eigenvalue weighted by molar-refractivity contribution is 0.0901. The van der Waals surface area contributed by atoms with E-state index in [0.717, 1.165) is 31.9 Å². The van der Waals surface area contributed by atoms with E-state index in [1.165, 1.54) is 5.56 Å². The van der Waals surface area contributed by atoms with Crippen molar-refractivity contribution in [2.75, 3.05) is 26.8 Å². The second kappa shape index (κ2) is 8.25. The third-order valence-electron chi connectivity index (χ3n) is 2.73. The molecule has 2 N–H and O–H groups in total. The van der Waals surface area contributed by atoms with Crippen molar-refractivity contribution < 1.29 is 4.74 Å². The van der Waals surface area contributed by atoms with Crippen LogP contribution in [0.25, 0.3) is 0 Å². The molecular weight excluding hydrogens is 256 g/mol. The van der Waals surface area contributed by atoms with Gasteiger partial charge in [-0.15, -0.1) is 0 Å². The van der Waals surface area contributed by atoms with Crippen molar-refractivity contribution in [3.8, 4) is 0 Å². The van der Waals surface area contributed by atoms with Crippen LogP contribution >= 0.6 is 12.2 Å². The topological polar surface area (TPSA) is 38.5 Å². The number of ether oxygens (including phenoxy) is 1. The van der Waals surface area contributed by atoms with Gasteiger partial charge in [-0.1, -0.05) is 44.3 Å². The molecule has 0 unspecified atom stereocenters. The van der Waals surface area contributed by atoms with Crippen molar-refractivity contribution in [2.24, 2.45) is 11.7 Å². The molecule has 1 aromatic carbocycles. The predicted molar refractivity (Wildman–Crippen MR) is 84.3 cm³/mol. The fraction of sp³-hybridized carbons (Fsp3) is 0.533. The van der Waals surface area contributed by atoms with Gasteiger partial charge in [0.2, 0.25) is 0 Å². The second-order valence-electron chi connectivity index (χ2n) is 5.27. The third kappa shape index (κ3) is 6.66. The first-order chi connectivity index (χ1) is 8.99. The van der Waals surface area contributed by atoms with E-state index in [1.54, 1.807) is 0 Å². The Bertz CT molecular complexity index is 407. The molecule has 0 saturated heterocycles. The van der Waals surface area contributed by atoms with E-state index in [-0.39, 0.29) is 0 Å². The van der Waals surface area contributed by atoms with Gasteiger partial charge in [0, 0.05) is 25.3 Å². The van der Waals surface area contributed by atoms with E-state index in [1.807, 2.05) is 18.2 Å². The van der Waals surface area contributed by atoms with Crippen molar-refractivity contribution >= 4 is 17.2 Å². The van der Waals surface area contributed by atoms with E-state index in [4.69, 9.17) is 22.7 Å². The maximum atomic E-state index is 5.64. The molecule has 4 heteroatoms. The van der Waals surface area contributed by atoms with Gasteiger partial charge in [0.05, 0.1) is 6.61 Å². The molecule has 0 aromatic heterocycles. The number of rotatable bonds is 8. The Labute approximate surface area is 121 Å². The van der Waals surface area contributed by atoms with Crippen molar-refractivity contribution in [1.29, 1.82) is 0 Å². The smallest absolute Gasteiger partial charge is 0.103 e. The molecule has 0 atom stereocenters. The van der Waals surface area contributed by atoms with E-state index < -0.39 is 0 Å². The van der Waals surface area contributed by atoms with Crippen LogP contribution in [0.3, 0.4) is 0 Å². The summed E-state index contributed by atoms with van der Waals surface area (Å²) >= 11 is 4.99. The lowest BCUT2D eigenvalue weighted by Crippen LogP contribution is -2.23. The Morgan fingerprint density at radius 3 is 2.79 bits per heavy atom. The molecule has 0 amide bonds. The molecular formula is C15H24N2OS. The highest BCUT2D eigenvalue weighted by atomic mass is 32.1. The zero-order chi connectivity index (χ0) is 14.3. The molecule has 0 radical (unpaired) electrons. The van der Waals surface area contributed by atoms with Crippen LogP contribution in [-0.2, 0) is 11.3 Å².